The second-order valence-corrected chi connectivity index (χ2v) is 9.64. The Balaban J connectivity index is 1.55. The van der Waals surface area contributed by atoms with E-state index in [-0.39, 0.29) is 16.6 Å². The standard InChI is InChI=1S/C25H35N3O/c1-23(2,20-11-7-5-8-12-20)28-19-24(26-22(28)29)15-17-25(18-16-24,27(3)4)21-13-9-6-10-14-21/h5-14,22,26,29H,15-19H2,1-4H3. The highest BCUT2D eigenvalue weighted by atomic mass is 16.3. The number of nitrogens with one attached hydrogen (secondary N) is 1. The molecule has 4 heteroatoms. The second-order valence-electron chi connectivity index (χ2n) is 9.64. The number of hydrogen-bond acceptors (Lipinski definition) is 4. The Labute approximate surface area is 175 Å². The van der Waals surface area contributed by atoms with Gasteiger partial charge in [-0.15, -0.1) is 0 Å². The zero-order chi connectivity index (χ0) is 20.7. The Morgan fingerprint density at radius 1 is 0.931 bits per heavy atom. The van der Waals surface area contributed by atoms with Gasteiger partial charge in [0.05, 0.1) is 0 Å². The zero-order valence-electron chi connectivity index (χ0n) is 18.2. The summed E-state index contributed by atoms with van der Waals surface area (Å²) in [6.45, 7) is 5.29. The molecule has 4 nitrogen and oxygen atoms in total. The van der Waals surface area contributed by atoms with E-state index in [1.807, 2.05) is 6.07 Å². The van der Waals surface area contributed by atoms with Crippen molar-refractivity contribution in [1.82, 2.24) is 15.1 Å². The predicted octanol–water partition coefficient (Wildman–Crippen LogP) is 3.87. The topological polar surface area (TPSA) is 38.7 Å². The van der Waals surface area contributed by atoms with E-state index in [0.717, 1.165) is 32.2 Å². The van der Waals surface area contributed by atoms with Crippen molar-refractivity contribution in [2.75, 3.05) is 20.6 Å². The fourth-order valence-corrected chi connectivity index (χ4v) is 5.51. The summed E-state index contributed by atoms with van der Waals surface area (Å²) in [5.41, 5.74) is 2.45. The van der Waals surface area contributed by atoms with E-state index in [4.69, 9.17) is 0 Å². The highest BCUT2D eigenvalue weighted by molar-refractivity contribution is 5.28. The number of benzene rings is 2. The molecule has 1 atom stereocenters. The van der Waals surface area contributed by atoms with Gasteiger partial charge >= 0.3 is 0 Å². The molecular weight excluding hydrogens is 358 g/mol. The highest BCUT2D eigenvalue weighted by Crippen LogP contribution is 2.47. The van der Waals surface area contributed by atoms with E-state index >= 15 is 0 Å². The second kappa shape index (κ2) is 7.51. The third-order valence-corrected chi connectivity index (χ3v) is 7.60. The molecule has 4 rings (SSSR count). The SMILES string of the molecule is CN(C)C1(c2ccccc2)CCC2(CC1)CN(C(C)(C)c1ccccc1)C(O)N2. The van der Waals surface area contributed by atoms with Gasteiger partial charge in [0, 0.05) is 23.2 Å². The van der Waals surface area contributed by atoms with Crippen molar-refractivity contribution in [2.45, 2.75) is 62.5 Å². The van der Waals surface area contributed by atoms with Crippen LogP contribution in [0.15, 0.2) is 60.7 Å². The van der Waals surface area contributed by atoms with Gasteiger partial charge in [0.15, 0.2) is 6.35 Å². The summed E-state index contributed by atoms with van der Waals surface area (Å²) in [4.78, 5) is 4.62. The Morgan fingerprint density at radius 2 is 1.48 bits per heavy atom. The fraction of sp³-hybridized carbons (Fsp3) is 0.520. The molecule has 1 heterocycles. The van der Waals surface area contributed by atoms with Crippen LogP contribution in [0.1, 0.15) is 50.7 Å². The lowest BCUT2D eigenvalue weighted by Gasteiger charge is -2.49. The Bertz CT molecular complexity index is 810. The van der Waals surface area contributed by atoms with Gasteiger partial charge in [0.1, 0.15) is 0 Å². The van der Waals surface area contributed by atoms with Gasteiger partial charge in [-0.05, 0) is 64.8 Å². The van der Waals surface area contributed by atoms with Gasteiger partial charge in [-0.25, -0.2) is 0 Å². The van der Waals surface area contributed by atoms with Crippen LogP contribution in [0.4, 0.5) is 0 Å². The average Bonchev–Trinajstić information content (AvgIpc) is 3.06. The van der Waals surface area contributed by atoms with Gasteiger partial charge < -0.3 is 5.11 Å². The third kappa shape index (κ3) is 3.53. The van der Waals surface area contributed by atoms with Crippen LogP contribution in [0.5, 0.6) is 0 Å². The van der Waals surface area contributed by atoms with Crippen molar-refractivity contribution in [2.24, 2.45) is 0 Å². The summed E-state index contributed by atoms with van der Waals surface area (Å²) in [5, 5.41) is 14.6. The smallest absolute Gasteiger partial charge is 0.164 e. The molecule has 0 aromatic heterocycles. The van der Waals surface area contributed by atoms with E-state index in [2.05, 4.69) is 97.7 Å². The molecule has 156 valence electrons. The van der Waals surface area contributed by atoms with E-state index in [0.29, 0.717) is 0 Å². The molecule has 2 aromatic carbocycles. The number of rotatable bonds is 4. The van der Waals surface area contributed by atoms with Crippen LogP contribution in [0.3, 0.4) is 0 Å². The van der Waals surface area contributed by atoms with E-state index in [1.54, 1.807) is 0 Å². The number of aliphatic hydroxyl groups excluding tert-OH is 1. The lowest BCUT2D eigenvalue weighted by atomic mass is 9.68. The molecule has 2 fully saturated rings. The van der Waals surface area contributed by atoms with Crippen LogP contribution in [-0.2, 0) is 11.1 Å². The predicted molar refractivity (Wildman–Crippen MR) is 118 cm³/mol. The Kier molecular flexibility index (Phi) is 5.32. The number of aliphatic hydroxyl groups is 1. The summed E-state index contributed by atoms with van der Waals surface area (Å²) in [6, 6.07) is 21.4. The summed E-state index contributed by atoms with van der Waals surface area (Å²) in [5.74, 6) is 0. The molecule has 1 aliphatic carbocycles. The number of nitrogens with zero attached hydrogens (tertiary/aromatic N) is 2. The molecule has 0 amide bonds. The quantitative estimate of drug-likeness (QED) is 0.827. The molecular formula is C25H35N3O. The Hall–Kier alpha value is -1.72. The molecule has 29 heavy (non-hydrogen) atoms. The lowest BCUT2D eigenvalue weighted by Crippen LogP contribution is -2.54. The van der Waals surface area contributed by atoms with Crippen LogP contribution in [-0.4, -0.2) is 47.4 Å². The van der Waals surface area contributed by atoms with Crippen molar-refractivity contribution in [1.29, 1.82) is 0 Å². The van der Waals surface area contributed by atoms with E-state index in [1.165, 1.54) is 11.1 Å². The molecule has 1 aliphatic heterocycles. The van der Waals surface area contributed by atoms with Crippen LogP contribution in [0, 0.1) is 0 Å². The first-order chi connectivity index (χ1) is 13.8. The van der Waals surface area contributed by atoms with Crippen molar-refractivity contribution < 1.29 is 5.11 Å². The Morgan fingerprint density at radius 3 is 2.03 bits per heavy atom. The molecule has 2 aromatic rings. The van der Waals surface area contributed by atoms with Gasteiger partial charge in [-0.3, -0.25) is 15.1 Å². The maximum absolute atomic E-state index is 11.0. The van der Waals surface area contributed by atoms with Crippen LogP contribution in [0.25, 0.3) is 0 Å². The maximum atomic E-state index is 11.0. The minimum absolute atomic E-state index is 0.0280. The summed E-state index contributed by atoms with van der Waals surface area (Å²) >= 11 is 0. The minimum Gasteiger partial charge on any atom is -0.365 e. The van der Waals surface area contributed by atoms with E-state index < -0.39 is 6.35 Å². The average molecular weight is 394 g/mol. The van der Waals surface area contributed by atoms with Gasteiger partial charge in [0.2, 0.25) is 0 Å². The van der Waals surface area contributed by atoms with Crippen molar-refractivity contribution >= 4 is 0 Å². The molecule has 1 saturated heterocycles. The van der Waals surface area contributed by atoms with Crippen molar-refractivity contribution in [3.05, 3.63) is 71.8 Å². The summed E-state index contributed by atoms with van der Waals surface area (Å²) in [6.07, 6.45) is 3.66. The van der Waals surface area contributed by atoms with Crippen LogP contribution < -0.4 is 5.32 Å². The minimum atomic E-state index is -0.617. The maximum Gasteiger partial charge on any atom is 0.164 e. The molecule has 1 unspecified atom stereocenters. The van der Waals surface area contributed by atoms with Gasteiger partial charge in [0.25, 0.3) is 0 Å². The lowest BCUT2D eigenvalue weighted by molar-refractivity contribution is -0.0397. The monoisotopic (exact) mass is 393 g/mol. The first kappa shape index (κ1) is 20.5. The fourth-order valence-electron chi connectivity index (χ4n) is 5.51. The first-order valence-corrected chi connectivity index (χ1v) is 10.8. The molecule has 1 saturated carbocycles. The summed E-state index contributed by atoms with van der Waals surface area (Å²) in [7, 11) is 4.40. The largest absolute Gasteiger partial charge is 0.365 e. The molecule has 0 radical (unpaired) electrons. The molecule has 2 aliphatic rings. The molecule has 2 N–H and O–H groups in total. The highest BCUT2D eigenvalue weighted by Gasteiger charge is 2.52. The summed E-state index contributed by atoms with van der Waals surface area (Å²) < 4.78 is 0. The van der Waals surface area contributed by atoms with Crippen molar-refractivity contribution in [3.8, 4) is 0 Å². The van der Waals surface area contributed by atoms with Crippen LogP contribution >= 0.6 is 0 Å². The van der Waals surface area contributed by atoms with Crippen LogP contribution in [0.2, 0.25) is 0 Å². The van der Waals surface area contributed by atoms with Gasteiger partial charge in [-0.2, -0.15) is 0 Å². The van der Waals surface area contributed by atoms with Gasteiger partial charge in [-0.1, -0.05) is 60.7 Å². The normalized spacial score (nSPS) is 30.9. The first-order valence-electron chi connectivity index (χ1n) is 10.8. The number of hydrogen-bond donors (Lipinski definition) is 2. The van der Waals surface area contributed by atoms with Crippen molar-refractivity contribution in [3.63, 3.8) is 0 Å². The molecule has 1 spiro atoms. The third-order valence-electron chi connectivity index (χ3n) is 7.60. The zero-order valence-corrected chi connectivity index (χ0v) is 18.2. The molecule has 0 bridgehead atoms. The van der Waals surface area contributed by atoms with E-state index in [9.17, 15) is 5.11 Å².